The van der Waals surface area contributed by atoms with Gasteiger partial charge in [-0.1, -0.05) is 6.92 Å². The zero-order valence-electron chi connectivity index (χ0n) is 12.7. The quantitative estimate of drug-likeness (QED) is 0.803. The SMILES string of the molecule is CCc1cc(C)c(C(=O)NC[C@H](O)CN2CCOCC2)o1. The van der Waals surface area contributed by atoms with Gasteiger partial charge in [-0.05, 0) is 13.0 Å². The number of amides is 1. The Labute approximate surface area is 125 Å². The first kappa shape index (κ1) is 16.0. The number of nitrogens with one attached hydrogen (secondary N) is 1. The Morgan fingerprint density at radius 3 is 2.81 bits per heavy atom. The van der Waals surface area contributed by atoms with E-state index in [0.29, 0.717) is 25.5 Å². The smallest absolute Gasteiger partial charge is 0.287 e. The summed E-state index contributed by atoms with van der Waals surface area (Å²) in [6.07, 6.45) is 0.168. The summed E-state index contributed by atoms with van der Waals surface area (Å²) >= 11 is 0. The maximum absolute atomic E-state index is 12.0. The zero-order valence-corrected chi connectivity index (χ0v) is 12.7. The number of aryl methyl sites for hydroxylation is 2. The molecular weight excluding hydrogens is 272 g/mol. The van der Waals surface area contributed by atoms with Crippen LogP contribution in [-0.4, -0.2) is 61.4 Å². The average molecular weight is 296 g/mol. The number of ether oxygens (including phenoxy) is 1. The Kier molecular flexibility index (Phi) is 5.78. The van der Waals surface area contributed by atoms with Crippen molar-refractivity contribution in [3.63, 3.8) is 0 Å². The molecule has 0 saturated carbocycles. The van der Waals surface area contributed by atoms with E-state index in [-0.39, 0.29) is 12.5 Å². The molecule has 1 aromatic rings. The van der Waals surface area contributed by atoms with Crippen LogP contribution in [0.15, 0.2) is 10.5 Å². The Balaban J connectivity index is 1.78. The van der Waals surface area contributed by atoms with Crippen molar-refractivity contribution in [2.75, 3.05) is 39.4 Å². The first-order valence-electron chi connectivity index (χ1n) is 7.45. The monoisotopic (exact) mass is 296 g/mol. The van der Waals surface area contributed by atoms with E-state index in [9.17, 15) is 9.90 Å². The molecule has 2 N–H and O–H groups in total. The van der Waals surface area contributed by atoms with E-state index < -0.39 is 6.10 Å². The maximum atomic E-state index is 12.0. The van der Waals surface area contributed by atoms with Crippen LogP contribution in [0.4, 0.5) is 0 Å². The number of hydrogen-bond acceptors (Lipinski definition) is 5. The molecule has 0 spiro atoms. The van der Waals surface area contributed by atoms with Crippen LogP contribution in [0, 0.1) is 6.92 Å². The van der Waals surface area contributed by atoms with Crippen molar-refractivity contribution in [3.8, 4) is 0 Å². The fourth-order valence-electron chi connectivity index (χ4n) is 2.38. The highest BCUT2D eigenvalue weighted by Gasteiger charge is 2.18. The van der Waals surface area contributed by atoms with Gasteiger partial charge in [-0.15, -0.1) is 0 Å². The van der Waals surface area contributed by atoms with Crippen LogP contribution in [0.5, 0.6) is 0 Å². The lowest BCUT2D eigenvalue weighted by Crippen LogP contribution is -2.44. The van der Waals surface area contributed by atoms with Crippen molar-refractivity contribution >= 4 is 5.91 Å². The third kappa shape index (κ3) is 4.56. The summed E-state index contributed by atoms with van der Waals surface area (Å²) < 4.78 is 10.7. The number of furan rings is 1. The Hall–Kier alpha value is -1.37. The van der Waals surface area contributed by atoms with E-state index in [2.05, 4.69) is 10.2 Å². The van der Waals surface area contributed by atoms with Gasteiger partial charge in [-0.25, -0.2) is 0 Å². The van der Waals surface area contributed by atoms with Crippen LogP contribution >= 0.6 is 0 Å². The van der Waals surface area contributed by atoms with Crippen LogP contribution < -0.4 is 5.32 Å². The van der Waals surface area contributed by atoms with E-state index in [0.717, 1.165) is 30.8 Å². The summed E-state index contributed by atoms with van der Waals surface area (Å²) in [5, 5.41) is 12.7. The topological polar surface area (TPSA) is 74.9 Å². The van der Waals surface area contributed by atoms with Crippen LogP contribution in [0.3, 0.4) is 0 Å². The number of aliphatic hydroxyl groups is 1. The van der Waals surface area contributed by atoms with E-state index in [1.165, 1.54) is 0 Å². The Morgan fingerprint density at radius 1 is 1.48 bits per heavy atom. The third-order valence-corrected chi connectivity index (χ3v) is 3.59. The van der Waals surface area contributed by atoms with Gasteiger partial charge in [0.05, 0.1) is 19.3 Å². The molecule has 0 radical (unpaired) electrons. The zero-order chi connectivity index (χ0) is 15.2. The molecule has 1 amide bonds. The highest BCUT2D eigenvalue weighted by atomic mass is 16.5. The summed E-state index contributed by atoms with van der Waals surface area (Å²) in [4.78, 5) is 14.2. The molecule has 0 unspecified atom stereocenters. The van der Waals surface area contributed by atoms with Crippen molar-refractivity contribution in [2.24, 2.45) is 0 Å². The first-order valence-corrected chi connectivity index (χ1v) is 7.45. The average Bonchev–Trinajstić information content (AvgIpc) is 2.87. The number of carbonyl (C=O) groups is 1. The molecule has 1 fully saturated rings. The lowest BCUT2D eigenvalue weighted by Gasteiger charge is -2.28. The summed E-state index contributed by atoms with van der Waals surface area (Å²) in [7, 11) is 0. The van der Waals surface area contributed by atoms with Gasteiger partial charge >= 0.3 is 0 Å². The predicted molar refractivity (Wildman–Crippen MR) is 78.4 cm³/mol. The van der Waals surface area contributed by atoms with Gasteiger partial charge in [0.15, 0.2) is 5.76 Å². The van der Waals surface area contributed by atoms with Crippen LogP contribution in [0.2, 0.25) is 0 Å². The van der Waals surface area contributed by atoms with Gasteiger partial charge < -0.3 is 19.6 Å². The molecule has 0 aromatic carbocycles. The molecule has 1 aliphatic heterocycles. The predicted octanol–water partition coefficient (Wildman–Crippen LogP) is 0.573. The summed E-state index contributed by atoms with van der Waals surface area (Å²) in [6.45, 7) is 7.63. The molecule has 1 saturated heterocycles. The molecule has 0 aliphatic carbocycles. The molecule has 1 aliphatic rings. The number of aliphatic hydroxyl groups excluding tert-OH is 1. The molecule has 0 bridgehead atoms. The lowest BCUT2D eigenvalue weighted by molar-refractivity contribution is 0.0148. The number of morpholine rings is 1. The largest absolute Gasteiger partial charge is 0.456 e. The number of rotatable bonds is 6. The molecular formula is C15H24N2O4. The molecule has 1 aromatic heterocycles. The van der Waals surface area contributed by atoms with Crippen molar-refractivity contribution in [1.82, 2.24) is 10.2 Å². The van der Waals surface area contributed by atoms with Crippen molar-refractivity contribution < 1.29 is 19.1 Å². The Bertz CT molecular complexity index is 466. The molecule has 6 heteroatoms. The first-order chi connectivity index (χ1) is 10.1. The number of nitrogens with zero attached hydrogens (tertiary/aromatic N) is 1. The normalized spacial score (nSPS) is 17.7. The van der Waals surface area contributed by atoms with E-state index in [4.69, 9.17) is 9.15 Å². The van der Waals surface area contributed by atoms with Crippen LogP contribution in [0.1, 0.15) is 28.8 Å². The van der Waals surface area contributed by atoms with Gasteiger partial charge in [0.2, 0.25) is 0 Å². The standard InChI is InChI=1S/C15H24N2O4/c1-3-13-8-11(2)14(21-13)15(19)16-9-12(18)10-17-4-6-20-7-5-17/h8,12,18H,3-7,9-10H2,1-2H3,(H,16,19)/t12-/m0/s1. The number of β-amino-alcohol motifs (C(OH)–C–C–N with tert-alkyl or cyclic N) is 1. The van der Waals surface area contributed by atoms with Crippen molar-refractivity contribution in [2.45, 2.75) is 26.4 Å². The third-order valence-electron chi connectivity index (χ3n) is 3.59. The number of carbonyl (C=O) groups excluding carboxylic acids is 1. The second-order valence-electron chi connectivity index (χ2n) is 5.36. The molecule has 1 atom stereocenters. The van der Waals surface area contributed by atoms with E-state index in [1.54, 1.807) is 0 Å². The van der Waals surface area contributed by atoms with Crippen molar-refractivity contribution in [1.29, 1.82) is 0 Å². The fourth-order valence-corrected chi connectivity index (χ4v) is 2.38. The van der Waals surface area contributed by atoms with E-state index in [1.807, 2.05) is 19.9 Å². The lowest BCUT2D eigenvalue weighted by atomic mass is 10.2. The van der Waals surface area contributed by atoms with Crippen molar-refractivity contribution in [3.05, 3.63) is 23.2 Å². The fraction of sp³-hybridized carbons (Fsp3) is 0.667. The molecule has 2 rings (SSSR count). The molecule has 2 heterocycles. The minimum absolute atomic E-state index is 0.220. The molecule has 6 nitrogen and oxygen atoms in total. The summed E-state index contributed by atoms with van der Waals surface area (Å²) in [5.41, 5.74) is 0.826. The molecule has 21 heavy (non-hydrogen) atoms. The minimum atomic E-state index is -0.590. The molecule has 118 valence electrons. The highest BCUT2D eigenvalue weighted by Crippen LogP contribution is 2.14. The number of hydrogen-bond donors (Lipinski definition) is 2. The van der Waals surface area contributed by atoms with Gasteiger partial charge in [0.25, 0.3) is 5.91 Å². The maximum Gasteiger partial charge on any atom is 0.287 e. The summed E-state index contributed by atoms with van der Waals surface area (Å²) in [5.74, 6) is 0.866. The highest BCUT2D eigenvalue weighted by molar-refractivity contribution is 5.92. The Morgan fingerprint density at radius 2 is 2.19 bits per heavy atom. The second-order valence-corrected chi connectivity index (χ2v) is 5.36. The van der Waals surface area contributed by atoms with Gasteiger partial charge in [-0.2, -0.15) is 0 Å². The summed E-state index contributed by atoms with van der Waals surface area (Å²) in [6, 6.07) is 1.87. The van der Waals surface area contributed by atoms with Gasteiger partial charge in [0.1, 0.15) is 5.76 Å². The second kappa shape index (κ2) is 7.59. The van der Waals surface area contributed by atoms with Crippen LogP contribution in [0.25, 0.3) is 0 Å². The van der Waals surface area contributed by atoms with Crippen LogP contribution in [-0.2, 0) is 11.2 Å². The minimum Gasteiger partial charge on any atom is -0.456 e. The van der Waals surface area contributed by atoms with Gasteiger partial charge in [0, 0.05) is 38.2 Å². The van der Waals surface area contributed by atoms with E-state index >= 15 is 0 Å². The van der Waals surface area contributed by atoms with Gasteiger partial charge in [-0.3, -0.25) is 9.69 Å².